The quantitative estimate of drug-likeness (QED) is 0.309. The lowest BCUT2D eigenvalue weighted by atomic mass is 10.0. The third-order valence-electron chi connectivity index (χ3n) is 4.60. The van der Waals surface area contributed by atoms with E-state index in [0.29, 0.717) is 12.0 Å². The monoisotopic (exact) mass is 442 g/mol. The Morgan fingerprint density at radius 2 is 2.21 bits per heavy atom. The molecule has 4 aromatic rings. The number of aryl methyl sites for hydroxylation is 1. The lowest BCUT2D eigenvalue weighted by Gasteiger charge is -2.19. The summed E-state index contributed by atoms with van der Waals surface area (Å²) in [6, 6.07) is 7.23. The zero-order chi connectivity index (χ0) is 20.6. The van der Waals surface area contributed by atoms with Gasteiger partial charge in [0, 0.05) is 33.5 Å². The first-order chi connectivity index (χ1) is 13.9. The zero-order valence-corrected chi connectivity index (χ0v) is 18.3. The second-order valence-electron chi connectivity index (χ2n) is 6.46. The SMILES string of the molecule is C=CC(O)(CC)c1cnc(Sc2ccc3c(-c4csc(C)n4)cc(=O)oc3c2)s1. The largest absolute Gasteiger partial charge is 0.423 e. The fourth-order valence-corrected chi connectivity index (χ4v) is 5.68. The van der Waals surface area contributed by atoms with Crippen molar-refractivity contribution in [2.75, 3.05) is 0 Å². The molecule has 29 heavy (non-hydrogen) atoms. The summed E-state index contributed by atoms with van der Waals surface area (Å²) >= 11 is 4.43. The first kappa shape index (κ1) is 20.0. The summed E-state index contributed by atoms with van der Waals surface area (Å²) in [5.74, 6) is 0. The number of hydrogen-bond acceptors (Lipinski definition) is 8. The molecule has 0 saturated carbocycles. The van der Waals surface area contributed by atoms with Crippen LogP contribution in [0.15, 0.2) is 66.9 Å². The van der Waals surface area contributed by atoms with Crippen molar-refractivity contribution >= 4 is 45.4 Å². The van der Waals surface area contributed by atoms with Gasteiger partial charge in [0.05, 0.1) is 15.6 Å². The van der Waals surface area contributed by atoms with Crippen molar-refractivity contribution < 1.29 is 9.52 Å². The fraction of sp³-hybridized carbons (Fsp3) is 0.190. The number of aliphatic hydroxyl groups is 1. The van der Waals surface area contributed by atoms with Gasteiger partial charge in [0.1, 0.15) is 11.2 Å². The molecular formula is C21H18N2O3S3. The van der Waals surface area contributed by atoms with Gasteiger partial charge in [-0.2, -0.15) is 0 Å². The molecule has 0 bridgehead atoms. The van der Waals surface area contributed by atoms with Gasteiger partial charge in [-0.15, -0.1) is 22.7 Å². The topological polar surface area (TPSA) is 76.2 Å². The molecule has 1 aromatic carbocycles. The number of thiazole rings is 2. The Hall–Kier alpha value is -2.26. The molecule has 1 N–H and O–H groups in total. The van der Waals surface area contributed by atoms with Crippen LogP contribution in [0.2, 0.25) is 0 Å². The first-order valence-corrected chi connectivity index (χ1v) is 11.4. The average molecular weight is 443 g/mol. The van der Waals surface area contributed by atoms with Gasteiger partial charge in [-0.05, 0) is 31.5 Å². The van der Waals surface area contributed by atoms with Crippen LogP contribution < -0.4 is 5.63 Å². The third-order valence-corrected chi connectivity index (χ3v) is 7.61. The van der Waals surface area contributed by atoms with Crippen LogP contribution >= 0.6 is 34.4 Å². The van der Waals surface area contributed by atoms with Gasteiger partial charge in [0.25, 0.3) is 0 Å². The maximum atomic E-state index is 12.1. The summed E-state index contributed by atoms with van der Waals surface area (Å²) < 4.78 is 6.23. The first-order valence-electron chi connectivity index (χ1n) is 8.92. The smallest absolute Gasteiger partial charge is 0.336 e. The van der Waals surface area contributed by atoms with Crippen LogP contribution in [0.5, 0.6) is 0 Å². The summed E-state index contributed by atoms with van der Waals surface area (Å²) in [4.78, 5) is 22.6. The Morgan fingerprint density at radius 1 is 1.38 bits per heavy atom. The molecule has 3 heterocycles. The predicted octanol–water partition coefficient (Wildman–Crippen LogP) is 5.62. The van der Waals surface area contributed by atoms with Gasteiger partial charge in [-0.25, -0.2) is 14.8 Å². The normalized spacial score (nSPS) is 13.5. The minimum Gasteiger partial charge on any atom is -0.423 e. The Kier molecular flexibility index (Phi) is 5.44. The molecule has 1 unspecified atom stereocenters. The molecular weight excluding hydrogens is 424 g/mol. The van der Waals surface area contributed by atoms with Crippen molar-refractivity contribution in [3.8, 4) is 11.3 Å². The Balaban J connectivity index is 1.69. The molecule has 0 fully saturated rings. The van der Waals surface area contributed by atoms with Crippen LogP contribution in [0.25, 0.3) is 22.2 Å². The molecule has 0 saturated heterocycles. The highest BCUT2D eigenvalue weighted by Gasteiger charge is 2.26. The highest BCUT2D eigenvalue weighted by atomic mass is 32.2. The predicted molar refractivity (Wildman–Crippen MR) is 119 cm³/mol. The summed E-state index contributed by atoms with van der Waals surface area (Å²) in [5, 5.41) is 14.3. The highest BCUT2D eigenvalue weighted by molar-refractivity contribution is 8.01. The lowest BCUT2D eigenvalue weighted by Crippen LogP contribution is -2.19. The molecule has 0 radical (unpaired) electrons. The summed E-state index contributed by atoms with van der Waals surface area (Å²) in [7, 11) is 0. The van der Waals surface area contributed by atoms with Crippen molar-refractivity contribution in [1.29, 1.82) is 0 Å². The lowest BCUT2D eigenvalue weighted by molar-refractivity contribution is 0.0892. The van der Waals surface area contributed by atoms with Crippen LogP contribution in [0.4, 0.5) is 0 Å². The van der Waals surface area contributed by atoms with E-state index in [2.05, 4.69) is 16.5 Å². The standard InChI is InChI=1S/C21H18N2O3S3/c1-4-21(25,5-2)18-10-22-20(29-18)28-13-6-7-14-15(16-11-27-12(3)23-16)9-19(24)26-17(14)8-13/h4,6-11,25H,1,5H2,2-3H3. The number of benzene rings is 1. The highest BCUT2D eigenvalue weighted by Crippen LogP contribution is 2.38. The van der Waals surface area contributed by atoms with Crippen LogP contribution in [-0.4, -0.2) is 15.1 Å². The van der Waals surface area contributed by atoms with Gasteiger partial charge >= 0.3 is 5.63 Å². The van der Waals surface area contributed by atoms with Gasteiger partial charge in [0.15, 0.2) is 4.34 Å². The van der Waals surface area contributed by atoms with E-state index in [9.17, 15) is 9.90 Å². The summed E-state index contributed by atoms with van der Waals surface area (Å²) in [6.45, 7) is 7.57. The van der Waals surface area contributed by atoms with Crippen LogP contribution in [0.3, 0.4) is 0 Å². The molecule has 0 aliphatic carbocycles. The molecule has 4 rings (SSSR count). The van der Waals surface area contributed by atoms with E-state index in [1.54, 1.807) is 23.6 Å². The zero-order valence-electron chi connectivity index (χ0n) is 15.8. The molecule has 0 amide bonds. The number of aromatic nitrogens is 2. The summed E-state index contributed by atoms with van der Waals surface area (Å²) in [5.41, 5.74) is 0.589. The maximum absolute atomic E-state index is 12.1. The minimum atomic E-state index is -1.06. The van der Waals surface area contributed by atoms with E-state index in [4.69, 9.17) is 4.42 Å². The number of fused-ring (bicyclic) bond motifs is 1. The van der Waals surface area contributed by atoms with E-state index < -0.39 is 11.2 Å². The summed E-state index contributed by atoms with van der Waals surface area (Å²) in [6.07, 6.45) is 3.76. The van der Waals surface area contributed by atoms with Crippen LogP contribution in [0, 0.1) is 6.92 Å². The third kappa shape index (κ3) is 3.93. The Bertz CT molecular complexity index is 1260. The maximum Gasteiger partial charge on any atom is 0.336 e. The average Bonchev–Trinajstić information content (AvgIpc) is 3.36. The second kappa shape index (κ2) is 7.87. The molecule has 5 nitrogen and oxygen atoms in total. The van der Waals surface area contributed by atoms with Crippen molar-refractivity contribution in [2.45, 2.75) is 35.1 Å². The van der Waals surface area contributed by atoms with Crippen molar-refractivity contribution in [2.24, 2.45) is 0 Å². The molecule has 8 heteroatoms. The van der Waals surface area contributed by atoms with Gasteiger partial charge < -0.3 is 9.52 Å². The fourth-order valence-electron chi connectivity index (χ4n) is 2.93. The molecule has 0 aliphatic rings. The van der Waals surface area contributed by atoms with Crippen molar-refractivity contribution in [1.82, 2.24) is 9.97 Å². The molecule has 148 valence electrons. The van der Waals surface area contributed by atoms with Crippen LogP contribution in [0.1, 0.15) is 23.2 Å². The second-order valence-corrected chi connectivity index (χ2v) is 9.88. The number of rotatable bonds is 6. The van der Waals surface area contributed by atoms with E-state index in [-0.39, 0.29) is 0 Å². The Morgan fingerprint density at radius 3 is 2.90 bits per heavy atom. The molecule has 0 aliphatic heterocycles. The number of nitrogens with zero attached hydrogens (tertiary/aromatic N) is 2. The number of hydrogen-bond donors (Lipinski definition) is 1. The van der Waals surface area contributed by atoms with Gasteiger partial charge in [-0.1, -0.05) is 31.3 Å². The molecule has 1 atom stereocenters. The van der Waals surface area contributed by atoms with Gasteiger partial charge in [0.2, 0.25) is 0 Å². The minimum absolute atomic E-state index is 0.407. The van der Waals surface area contributed by atoms with Gasteiger partial charge in [-0.3, -0.25) is 0 Å². The Labute approximate surface area is 179 Å². The molecule has 0 spiro atoms. The molecule has 3 aromatic heterocycles. The van der Waals surface area contributed by atoms with E-state index >= 15 is 0 Å². The van der Waals surface area contributed by atoms with E-state index in [1.165, 1.54) is 29.2 Å². The van der Waals surface area contributed by atoms with E-state index in [0.717, 1.165) is 35.8 Å². The van der Waals surface area contributed by atoms with E-state index in [1.807, 2.05) is 37.4 Å². The van der Waals surface area contributed by atoms with Crippen LogP contribution in [-0.2, 0) is 5.60 Å². The van der Waals surface area contributed by atoms with Crippen molar-refractivity contribution in [3.05, 3.63) is 68.8 Å². The van der Waals surface area contributed by atoms with Crippen molar-refractivity contribution in [3.63, 3.8) is 0 Å².